The van der Waals surface area contributed by atoms with Crippen LogP contribution < -0.4 is 10.1 Å². The number of ether oxygens (including phenoxy) is 1. The zero-order valence-electron chi connectivity index (χ0n) is 10.2. The molecule has 0 spiro atoms. The minimum Gasteiger partial charge on any atom is -0.457 e. The Labute approximate surface area is 106 Å². The second kappa shape index (κ2) is 5.87. The van der Waals surface area contributed by atoms with E-state index in [4.69, 9.17) is 4.74 Å². The molecule has 0 fully saturated rings. The van der Waals surface area contributed by atoms with Crippen LogP contribution in [0, 0.1) is 0 Å². The van der Waals surface area contributed by atoms with E-state index >= 15 is 0 Å². The molecular formula is C15H15NO2. The van der Waals surface area contributed by atoms with Crippen LogP contribution in [0.1, 0.15) is 13.3 Å². The van der Waals surface area contributed by atoms with E-state index in [1.807, 2.05) is 61.5 Å². The van der Waals surface area contributed by atoms with E-state index in [0.29, 0.717) is 6.42 Å². The molecule has 0 aliphatic heterocycles. The topological polar surface area (TPSA) is 38.3 Å². The van der Waals surface area contributed by atoms with Crippen molar-refractivity contribution in [3.8, 4) is 11.5 Å². The standard InChI is InChI=1S/C15H15NO2/c1-2-15(17)16-12-8-10-14(11-9-12)18-13-6-4-3-5-7-13/h3-11H,2H2,1H3,(H,16,17). The number of nitrogens with one attached hydrogen (secondary N) is 1. The van der Waals surface area contributed by atoms with Crippen molar-refractivity contribution in [1.82, 2.24) is 0 Å². The van der Waals surface area contributed by atoms with Gasteiger partial charge in [-0.05, 0) is 36.4 Å². The fourth-order valence-electron chi connectivity index (χ4n) is 1.48. The van der Waals surface area contributed by atoms with Gasteiger partial charge >= 0.3 is 0 Å². The Morgan fingerprint density at radius 3 is 2.22 bits per heavy atom. The number of para-hydroxylation sites is 1. The molecule has 1 amide bonds. The minimum atomic E-state index is 0.00623. The first kappa shape index (κ1) is 12.2. The molecule has 2 rings (SSSR count). The zero-order valence-corrected chi connectivity index (χ0v) is 10.2. The predicted molar refractivity (Wildman–Crippen MR) is 71.9 cm³/mol. The molecule has 3 heteroatoms. The third kappa shape index (κ3) is 3.35. The van der Waals surface area contributed by atoms with Crippen molar-refractivity contribution in [2.45, 2.75) is 13.3 Å². The first-order chi connectivity index (χ1) is 8.78. The summed E-state index contributed by atoms with van der Waals surface area (Å²) in [5.41, 5.74) is 0.780. The second-order valence-corrected chi connectivity index (χ2v) is 3.84. The van der Waals surface area contributed by atoms with Crippen molar-refractivity contribution in [2.75, 3.05) is 5.32 Å². The lowest BCUT2D eigenvalue weighted by Gasteiger charge is -2.07. The summed E-state index contributed by atoms with van der Waals surface area (Å²) in [5, 5.41) is 2.79. The molecular weight excluding hydrogens is 226 g/mol. The van der Waals surface area contributed by atoms with E-state index in [1.165, 1.54) is 0 Å². The van der Waals surface area contributed by atoms with Crippen LogP contribution in [0.4, 0.5) is 5.69 Å². The van der Waals surface area contributed by atoms with Gasteiger partial charge < -0.3 is 10.1 Å². The van der Waals surface area contributed by atoms with Gasteiger partial charge in [-0.15, -0.1) is 0 Å². The Hall–Kier alpha value is -2.29. The van der Waals surface area contributed by atoms with Gasteiger partial charge in [-0.25, -0.2) is 0 Å². The SMILES string of the molecule is CCC(=O)Nc1ccc(Oc2ccccc2)cc1. The van der Waals surface area contributed by atoms with Gasteiger partial charge in [0.15, 0.2) is 0 Å². The van der Waals surface area contributed by atoms with Gasteiger partial charge in [0, 0.05) is 12.1 Å². The summed E-state index contributed by atoms with van der Waals surface area (Å²) in [4.78, 5) is 11.2. The first-order valence-electron chi connectivity index (χ1n) is 5.91. The lowest BCUT2D eigenvalue weighted by Crippen LogP contribution is -2.08. The maximum absolute atomic E-state index is 11.2. The average Bonchev–Trinajstić information content (AvgIpc) is 2.42. The monoisotopic (exact) mass is 241 g/mol. The van der Waals surface area contributed by atoms with Gasteiger partial charge in [-0.2, -0.15) is 0 Å². The summed E-state index contributed by atoms with van der Waals surface area (Å²) in [6.07, 6.45) is 0.474. The van der Waals surface area contributed by atoms with Crippen LogP contribution in [0.25, 0.3) is 0 Å². The van der Waals surface area contributed by atoms with E-state index < -0.39 is 0 Å². The predicted octanol–water partition coefficient (Wildman–Crippen LogP) is 3.83. The van der Waals surface area contributed by atoms with Crippen LogP contribution in [0.2, 0.25) is 0 Å². The van der Waals surface area contributed by atoms with Crippen molar-refractivity contribution in [3.05, 3.63) is 54.6 Å². The number of rotatable bonds is 4. The van der Waals surface area contributed by atoms with Gasteiger partial charge in [-0.3, -0.25) is 4.79 Å². The number of amides is 1. The highest BCUT2D eigenvalue weighted by Gasteiger charge is 2.00. The quantitative estimate of drug-likeness (QED) is 0.883. The third-order valence-corrected chi connectivity index (χ3v) is 2.44. The Bertz CT molecular complexity index is 506. The molecule has 0 saturated heterocycles. The smallest absolute Gasteiger partial charge is 0.224 e. The molecule has 0 unspecified atom stereocenters. The van der Waals surface area contributed by atoms with Crippen molar-refractivity contribution in [2.24, 2.45) is 0 Å². The summed E-state index contributed by atoms with van der Waals surface area (Å²) < 4.78 is 5.65. The first-order valence-corrected chi connectivity index (χ1v) is 5.91. The Morgan fingerprint density at radius 2 is 1.61 bits per heavy atom. The highest BCUT2D eigenvalue weighted by molar-refractivity contribution is 5.90. The Balaban J connectivity index is 2.02. The second-order valence-electron chi connectivity index (χ2n) is 3.84. The fraction of sp³-hybridized carbons (Fsp3) is 0.133. The summed E-state index contributed by atoms with van der Waals surface area (Å²) in [5.74, 6) is 1.55. The number of anilines is 1. The largest absolute Gasteiger partial charge is 0.457 e. The van der Waals surface area contributed by atoms with E-state index in [0.717, 1.165) is 17.2 Å². The molecule has 0 saturated carbocycles. The average molecular weight is 241 g/mol. The van der Waals surface area contributed by atoms with Crippen molar-refractivity contribution >= 4 is 11.6 Å². The molecule has 0 bridgehead atoms. The Morgan fingerprint density at radius 1 is 1.00 bits per heavy atom. The Kier molecular flexibility index (Phi) is 3.97. The molecule has 0 heterocycles. The number of hydrogen-bond donors (Lipinski definition) is 1. The fourth-order valence-corrected chi connectivity index (χ4v) is 1.48. The maximum atomic E-state index is 11.2. The highest BCUT2D eigenvalue weighted by atomic mass is 16.5. The van der Waals surface area contributed by atoms with Gasteiger partial charge in [-0.1, -0.05) is 25.1 Å². The minimum absolute atomic E-state index is 0.00623. The molecule has 2 aromatic rings. The number of benzene rings is 2. The summed E-state index contributed by atoms with van der Waals surface area (Å²) in [6.45, 7) is 1.82. The van der Waals surface area contributed by atoms with Crippen LogP contribution in [0.3, 0.4) is 0 Å². The van der Waals surface area contributed by atoms with E-state index in [-0.39, 0.29) is 5.91 Å². The molecule has 3 nitrogen and oxygen atoms in total. The molecule has 0 atom stereocenters. The molecule has 1 N–H and O–H groups in total. The normalized spacial score (nSPS) is 9.83. The highest BCUT2D eigenvalue weighted by Crippen LogP contribution is 2.22. The van der Waals surface area contributed by atoms with Gasteiger partial charge in [0.1, 0.15) is 11.5 Å². The van der Waals surface area contributed by atoms with Gasteiger partial charge in [0.05, 0.1) is 0 Å². The maximum Gasteiger partial charge on any atom is 0.224 e. The van der Waals surface area contributed by atoms with Crippen molar-refractivity contribution in [1.29, 1.82) is 0 Å². The zero-order chi connectivity index (χ0) is 12.8. The van der Waals surface area contributed by atoms with E-state index in [1.54, 1.807) is 0 Å². The van der Waals surface area contributed by atoms with E-state index in [9.17, 15) is 4.79 Å². The molecule has 0 aliphatic rings. The van der Waals surface area contributed by atoms with Gasteiger partial charge in [0.25, 0.3) is 0 Å². The van der Waals surface area contributed by atoms with Crippen LogP contribution in [-0.4, -0.2) is 5.91 Å². The summed E-state index contributed by atoms with van der Waals surface area (Å²) in [6, 6.07) is 16.9. The molecule has 0 radical (unpaired) electrons. The molecule has 2 aromatic carbocycles. The molecule has 0 aromatic heterocycles. The molecule has 18 heavy (non-hydrogen) atoms. The number of carbonyl (C=O) groups excluding carboxylic acids is 1. The summed E-state index contributed by atoms with van der Waals surface area (Å²) >= 11 is 0. The van der Waals surface area contributed by atoms with Gasteiger partial charge in [0.2, 0.25) is 5.91 Å². The van der Waals surface area contributed by atoms with Crippen LogP contribution in [-0.2, 0) is 4.79 Å². The third-order valence-electron chi connectivity index (χ3n) is 2.44. The molecule has 92 valence electrons. The summed E-state index contributed by atoms with van der Waals surface area (Å²) in [7, 11) is 0. The number of hydrogen-bond acceptors (Lipinski definition) is 2. The van der Waals surface area contributed by atoms with Crippen LogP contribution in [0.15, 0.2) is 54.6 Å². The van der Waals surface area contributed by atoms with Crippen LogP contribution in [0.5, 0.6) is 11.5 Å². The van der Waals surface area contributed by atoms with Crippen molar-refractivity contribution < 1.29 is 9.53 Å². The van der Waals surface area contributed by atoms with Crippen LogP contribution >= 0.6 is 0 Å². The lowest BCUT2D eigenvalue weighted by molar-refractivity contribution is -0.115. The molecule has 0 aliphatic carbocycles. The number of carbonyl (C=O) groups is 1. The van der Waals surface area contributed by atoms with Crippen molar-refractivity contribution in [3.63, 3.8) is 0 Å². The lowest BCUT2D eigenvalue weighted by atomic mass is 10.3. The van der Waals surface area contributed by atoms with E-state index in [2.05, 4.69) is 5.32 Å².